The lowest BCUT2D eigenvalue weighted by Crippen LogP contribution is -2.01. The molecule has 0 unspecified atom stereocenters. The van der Waals surface area contributed by atoms with Gasteiger partial charge in [0.05, 0.1) is 11.1 Å². The molecule has 0 aliphatic heterocycles. The van der Waals surface area contributed by atoms with Gasteiger partial charge < -0.3 is 10.6 Å². The SMILES string of the molecule is CNc1nc(Nc2ccc(Cl)cc2Br)c2ccsc2n1. The van der Waals surface area contributed by atoms with Crippen molar-refractivity contribution in [3.63, 3.8) is 0 Å². The second-order valence-electron chi connectivity index (χ2n) is 4.03. The van der Waals surface area contributed by atoms with E-state index in [0.717, 1.165) is 26.2 Å². The Morgan fingerprint density at radius 2 is 2.10 bits per heavy atom. The first-order valence-corrected chi connectivity index (χ1v) is 7.87. The van der Waals surface area contributed by atoms with E-state index in [0.29, 0.717) is 11.0 Å². The molecule has 3 aromatic rings. The number of nitrogens with one attached hydrogen (secondary N) is 2. The highest BCUT2D eigenvalue weighted by molar-refractivity contribution is 9.10. The van der Waals surface area contributed by atoms with Gasteiger partial charge in [0, 0.05) is 16.5 Å². The Kier molecular flexibility index (Phi) is 3.78. The molecule has 1 aromatic carbocycles. The average Bonchev–Trinajstić information content (AvgIpc) is 2.90. The zero-order valence-electron chi connectivity index (χ0n) is 10.4. The smallest absolute Gasteiger partial charge is 0.225 e. The normalized spacial score (nSPS) is 10.8. The Morgan fingerprint density at radius 1 is 1.25 bits per heavy atom. The average molecular weight is 370 g/mol. The topological polar surface area (TPSA) is 49.8 Å². The largest absolute Gasteiger partial charge is 0.357 e. The molecule has 0 radical (unpaired) electrons. The maximum atomic E-state index is 5.95. The minimum Gasteiger partial charge on any atom is -0.357 e. The van der Waals surface area contributed by atoms with Crippen LogP contribution in [-0.2, 0) is 0 Å². The second kappa shape index (κ2) is 5.55. The summed E-state index contributed by atoms with van der Waals surface area (Å²) in [5.74, 6) is 1.36. The zero-order valence-corrected chi connectivity index (χ0v) is 13.6. The Hall–Kier alpha value is -1.37. The fraction of sp³-hybridized carbons (Fsp3) is 0.0769. The Labute approximate surface area is 133 Å². The number of benzene rings is 1. The summed E-state index contributed by atoms with van der Waals surface area (Å²) < 4.78 is 0.887. The van der Waals surface area contributed by atoms with Gasteiger partial charge in [-0.2, -0.15) is 4.98 Å². The standard InChI is InChI=1S/C13H10BrClN4S/c1-16-13-18-11(8-4-5-20-12(8)19-13)17-10-3-2-7(15)6-9(10)14/h2-6H,1H3,(H2,16,17,18,19). The van der Waals surface area contributed by atoms with E-state index in [9.17, 15) is 0 Å². The highest BCUT2D eigenvalue weighted by atomic mass is 79.9. The molecule has 0 saturated heterocycles. The predicted molar refractivity (Wildman–Crippen MR) is 89.4 cm³/mol. The molecule has 3 rings (SSSR count). The van der Waals surface area contributed by atoms with Gasteiger partial charge in [-0.25, -0.2) is 4.98 Å². The molecule has 0 atom stereocenters. The van der Waals surface area contributed by atoms with E-state index in [4.69, 9.17) is 11.6 Å². The van der Waals surface area contributed by atoms with E-state index >= 15 is 0 Å². The predicted octanol–water partition coefficient (Wildman–Crippen LogP) is 4.89. The third-order valence-corrected chi connectivity index (χ3v) is 4.43. The van der Waals surface area contributed by atoms with Gasteiger partial charge in [-0.3, -0.25) is 0 Å². The van der Waals surface area contributed by atoms with Crippen molar-refractivity contribution in [2.75, 3.05) is 17.7 Å². The summed E-state index contributed by atoms with van der Waals surface area (Å²) in [5.41, 5.74) is 0.905. The number of fused-ring (bicyclic) bond motifs is 1. The minimum atomic E-state index is 0.590. The first kappa shape index (κ1) is 13.6. The first-order valence-electron chi connectivity index (χ1n) is 5.82. The highest BCUT2D eigenvalue weighted by Gasteiger charge is 2.10. The van der Waals surface area contributed by atoms with Crippen molar-refractivity contribution in [3.05, 3.63) is 39.1 Å². The van der Waals surface area contributed by atoms with Crippen LogP contribution >= 0.6 is 38.9 Å². The highest BCUT2D eigenvalue weighted by Crippen LogP contribution is 2.32. The van der Waals surface area contributed by atoms with Crippen molar-refractivity contribution in [1.29, 1.82) is 0 Å². The van der Waals surface area contributed by atoms with Gasteiger partial charge in [-0.15, -0.1) is 11.3 Å². The quantitative estimate of drug-likeness (QED) is 0.690. The Balaban J connectivity index is 2.07. The van der Waals surface area contributed by atoms with Crippen molar-refractivity contribution in [3.8, 4) is 0 Å². The third kappa shape index (κ3) is 2.59. The van der Waals surface area contributed by atoms with E-state index in [-0.39, 0.29) is 0 Å². The fourth-order valence-electron chi connectivity index (χ4n) is 1.78. The zero-order chi connectivity index (χ0) is 14.1. The molecular formula is C13H10BrClN4S. The molecule has 4 nitrogen and oxygen atoms in total. The lowest BCUT2D eigenvalue weighted by molar-refractivity contribution is 1.20. The van der Waals surface area contributed by atoms with E-state index in [1.807, 2.05) is 29.6 Å². The number of anilines is 3. The lowest BCUT2D eigenvalue weighted by Gasteiger charge is -2.10. The lowest BCUT2D eigenvalue weighted by atomic mass is 10.3. The van der Waals surface area contributed by atoms with Gasteiger partial charge >= 0.3 is 0 Å². The minimum absolute atomic E-state index is 0.590. The molecular weight excluding hydrogens is 360 g/mol. The molecule has 7 heteroatoms. The van der Waals surface area contributed by atoms with E-state index in [2.05, 4.69) is 36.5 Å². The third-order valence-electron chi connectivity index (χ3n) is 2.73. The van der Waals surface area contributed by atoms with Crippen LogP contribution in [-0.4, -0.2) is 17.0 Å². The van der Waals surface area contributed by atoms with Crippen LogP contribution in [0.3, 0.4) is 0 Å². The number of thiophene rings is 1. The van der Waals surface area contributed by atoms with Crippen molar-refractivity contribution in [1.82, 2.24) is 9.97 Å². The summed E-state index contributed by atoms with van der Waals surface area (Å²) in [5, 5.41) is 9.96. The van der Waals surface area contributed by atoms with Crippen LogP contribution < -0.4 is 10.6 Å². The number of halogens is 2. The van der Waals surface area contributed by atoms with Crippen molar-refractivity contribution < 1.29 is 0 Å². The van der Waals surface area contributed by atoms with Gasteiger partial charge in [0.15, 0.2) is 0 Å². The summed E-state index contributed by atoms with van der Waals surface area (Å²) in [6.45, 7) is 0. The van der Waals surface area contributed by atoms with E-state index in [1.54, 1.807) is 18.4 Å². The summed E-state index contributed by atoms with van der Waals surface area (Å²) in [7, 11) is 1.80. The number of rotatable bonds is 3. The number of aromatic nitrogens is 2. The number of nitrogens with zero attached hydrogens (tertiary/aromatic N) is 2. The van der Waals surface area contributed by atoms with E-state index in [1.165, 1.54) is 0 Å². The molecule has 0 fully saturated rings. The van der Waals surface area contributed by atoms with Crippen molar-refractivity contribution in [2.24, 2.45) is 0 Å². The molecule has 102 valence electrons. The molecule has 0 amide bonds. The molecule has 2 heterocycles. The molecule has 0 aliphatic carbocycles. The van der Waals surface area contributed by atoms with E-state index < -0.39 is 0 Å². The Morgan fingerprint density at radius 3 is 2.85 bits per heavy atom. The van der Waals surface area contributed by atoms with Crippen molar-refractivity contribution in [2.45, 2.75) is 0 Å². The van der Waals surface area contributed by atoms with Crippen LogP contribution in [0.25, 0.3) is 10.2 Å². The summed E-state index contributed by atoms with van der Waals surface area (Å²) in [4.78, 5) is 9.83. The molecule has 2 N–H and O–H groups in total. The van der Waals surface area contributed by atoms with Gasteiger partial charge in [-0.1, -0.05) is 11.6 Å². The van der Waals surface area contributed by atoms with Gasteiger partial charge in [0.2, 0.25) is 5.95 Å². The fourth-order valence-corrected chi connectivity index (χ4v) is 3.33. The van der Waals surface area contributed by atoms with Crippen molar-refractivity contribution >= 4 is 66.5 Å². The first-order chi connectivity index (χ1) is 9.67. The molecule has 0 aliphatic rings. The number of hydrogen-bond donors (Lipinski definition) is 2. The van der Waals surface area contributed by atoms with Crippen LogP contribution in [0.1, 0.15) is 0 Å². The Bertz CT molecular complexity index is 774. The van der Waals surface area contributed by atoms with Gasteiger partial charge in [-0.05, 0) is 45.6 Å². The van der Waals surface area contributed by atoms with Gasteiger partial charge in [0.1, 0.15) is 10.6 Å². The molecule has 0 spiro atoms. The molecule has 2 aromatic heterocycles. The maximum absolute atomic E-state index is 5.95. The second-order valence-corrected chi connectivity index (χ2v) is 6.22. The van der Waals surface area contributed by atoms with Crippen LogP contribution in [0, 0.1) is 0 Å². The monoisotopic (exact) mass is 368 g/mol. The van der Waals surface area contributed by atoms with Crippen LogP contribution in [0.5, 0.6) is 0 Å². The van der Waals surface area contributed by atoms with Crippen LogP contribution in [0.2, 0.25) is 5.02 Å². The summed E-state index contributed by atoms with van der Waals surface area (Å²) in [6.07, 6.45) is 0. The summed E-state index contributed by atoms with van der Waals surface area (Å²) >= 11 is 11.0. The molecule has 0 bridgehead atoms. The molecule has 0 saturated carbocycles. The number of hydrogen-bond acceptors (Lipinski definition) is 5. The molecule has 20 heavy (non-hydrogen) atoms. The van der Waals surface area contributed by atoms with Crippen LogP contribution in [0.4, 0.5) is 17.5 Å². The maximum Gasteiger partial charge on any atom is 0.225 e. The van der Waals surface area contributed by atoms with Gasteiger partial charge in [0.25, 0.3) is 0 Å². The van der Waals surface area contributed by atoms with Crippen LogP contribution in [0.15, 0.2) is 34.1 Å². The summed E-state index contributed by atoms with van der Waals surface area (Å²) in [6, 6.07) is 7.59.